The molecule has 0 fully saturated rings. The van der Waals surface area contributed by atoms with Gasteiger partial charge >= 0.3 is 11.7 Å². The maximum Gasteiger partial charge on any atom is 0.303 e. The summed E-state index contributed by atoms with van der Waals surface area (Å²) >= 11 is 0. The zero-order valence-electron chi connectivity index (χ0n) is 11.3. The minimum atomic E-state index is -0.861. The lowest BCUT2D eigenvalue weighted by Gasteiger charge is -2.14. The van der Waals surface area contributed by atoms with Crippen molar-refractivity contribution in [3.63, 3.8) is 0 Å². The maximum atomic E-state index is 10.9. The Morgan fingerprint density at radius 1 is 1.48 bits per heavy atom. The first-order chi connectivity index (χ1) is 10.0. The third-order valence-electron chi connectivity index (χ3n) is 3.21. The van der Waals surface area contributed by atoms with E-state index >= 15 is 0 Å². The molecule has 1 atom stereocenters. The average Bonchev–Trinajstić information content (AvgIpc) is 2.91. The Kier molecular flexibility index (Phi) is 4.31. The molecule has 2 N–H and O–H groups in total. The lowest BCUT2D eigenvalue weighted by atomic mass is 10.0. The third-order valence-corrected chi connectivity index (χ3v) is 3.21. The highest BCUT2D eigenvalue weighted by atomic mass is 16.6. The van der Waals surface area contributed by atoms with E-state index in [0.29, 0.717) is 18.7 Å². The molecule has 1 aromatic heterocycles. The van der Waals surface area contributed by atoms with Crippen LogP contribution in [0.3, 0.4) is 0 Å². The zero-order chi connectivity index (χ0) is 15.4. The molecule has 0 spiro atoms. The number of nitrogens with zero attached hydrogens (tertiary/aromatic N) is 3. The van der Waals surface area contributed by atoms with Crippen LogP contribution in [0.5, 0.6) is 0 Å². The highest BCUT2D eigenvalue weighted by Gasteiger charge is 2.20. The van der Waals surface area contributed by atoms with E-state index in [9.17, 15) is 14.9 Å². The van der Waals surface area contributed by atoms with E-state index in [4.69, 9.17) is 5.11 Å². The second-order valence-electron chi connectivity index (χ2n) is 4.60. The predicted molar refractivity (Wildman–Crippen MR) is 73.0 cm³/mol. The van der Waals surface area contributed by atoms with Gasteiger partial charge in [-0.1, -0.05) is 13.3 Å². The molecule has 1 aromatic carbocycles. The highest BCUT2D eigenvalue weighted by Crippen LogP contribution is 2.28. The molecule has 0 radical (unpaired) electrons. The fourth-order valence-electron chi connectivity index (χ4n) is 2.01. The standard InChI is InChI=1S/C12H14N4O5/c1-2-7(5-10(17)18)6-13-8-3-4-9(16(19)20)12-11(8)14-21-15-12/h3-4,7,13H,2,5-6H2,1H3,(H,17,18). The number of carboxylic acid groups (broad SMARTS) is 1. The Labute approximate surface area is 119 Å². The van der Waals surface area contributed by atoms with Crippen molar-refractivity contribution >= 4 is 28.4 Å². The minimum Gasteiger partial charge on any atom is -0.481 e. The van der Waals surface area contributed by atoms with Crippen LogP contribution in [0.2, 0.25) is 0 Å². The molecule has 0 amide bonds. The maximum absolute atomic E-state index is 10.9. The van der Waals surface area contributed by atoms with Gasteiger partial charge in [0.1, 0.15) is 0 Å². The molecule has 9 heteroatoms. The monoisotopic (exact) mass is 294 g/mol. The predicted octanol–water partition coefficient (Wildman–Crippen LogP) is 2.04. The van der Waals surface area contributed by atoms with Gasteiger partial charge in [0, 0.05) is 19.0 Å². The topological polar surface area (TPSA) is 131 Å². The number of carbonyl (C=O) groups is 1. The molecule has 21 heavy (non-hydrogen) atoms. The van der Waals surface area contributed by atoms with Gasteiger partial charge in [-0.05, 0) is 22.3 Å². The first kappa shape index (κ1) is 14.7. The Morgan fingerprint density at radius 2 is 2.19 bits per heavy atom. The molecule has 1 unspecified atom stereocenters. The van der Waals surface area contributed by atoms with Crippen LogP contribution in [0, 0.1) is 16.0 Å². The van der Waals surface area contributed by atoms with Crippen molar-refractivity contribution in [1.82, 2.24) is 10.3 Å². The lowest BCUT2D eigenvalue weighted by molar-refractivity contribution is -0.383. The minimum absolute atomic E-state index is 0.0485. The quantitative estimate of drug-likeness (QED) is 0.585. The van der Waals surface area contributed by atoms with Crippen LogP contribution < -0.4 is 5.32 Å². The average molecular weight is 294 g/mol. The van der Waals surface area contributed by atoms with E-state index in [1.807, 2.05) is 6.92 Å². The number of hydrogen-bond donors (Lipinski definition) is 2. The van der Waals surface area contributed by atoms with Gasteiger partial charge in [-0.15, -0.1) is 0 Å². The summed E-state index contributed by atoms with van der Waals surface area (Å²) in [4.78, 5) is 21.0. The summed E-state index contributed by atoms with van der Waals surface area (Å²) in [7, 11) is 0. The summed E-state index contributed by atoms with van der Waals surface area (Å²) in [6.07, 6.45) is 0.753. The molecule has 2 aromatic rings. The molecule has 0 bridgehead atoms. The van der Waals surface area contributed by atoms with Crippen molar-refractivity contribution in [2.45, 2.75) is 19.8 Å². The van der Waals surface area contributed by atoms with Crippen molar-refractivity contribution in [3.05, 3.63) is 22.2 Å². The van der Waals surface area contributed by atoms with E-state index < -0.39 is 10.9 Å². The number of aromatic nitrogens is 2. The van der Waals surface area contributed by atoms with E-state index in [-0.39, 0.29) is 29.1 Å². The van der Waals surface area contributed by atoms with E-state index in [2.05, 4.69) is 20.3 Å². The lowest BCUT2D eigenvalue weighted by Crippen LogP contribution is -2.17. The van der Waals surface area contributed by atoms with Crippen LogP contribution in [-0.4, -0.2) is 32.9 Å². The molecule has 0 aliphatic carbocycles. The largest absolute Gasteiger partial charge is 0.481 e. The van der Waals surface area contributed by atoms with E-state index in [0.717, 1.165) is 0 Å². The summed E-state index contributed by atoms with van der Waals surface area (Å²) in [6, 6.07) is 2.82. The molecule has 9 nitrogen and oxygen atoms in total. The van der Waals surface area contributed by atoms with Gasteiger partial charge in [0.25, 0.3) is 0 Å². The molecule has 0 aliphatic rings. The first-order valence-electron chi connectivity index (χ1n) is 6.38. The number of fused-ring (bicyclic) bond motifs is 1. The van der Waals surface area contributed by atoms with Gasteiger partial charge < -0.3 is 10.4 Å². The zero-order valence-corrected chi connectivity index (χ0v) is 11.3. The molecule has 1 heterocycles. The van der Waals surface area contributed by atoms with Crippen LogP contribution in [0.4, 0.5) is 11.4 Å². The van der Waals surface area contributed by atoms with E-state index in [1.54, 1.807) is 0 Å². The van der Waals surface area contributed by atoms with Gasteiger partial charge in [0.2, 0.25) is 5.52 Å². The molecule has 0 aliphatic heterocycles. The number of aliphatic carboxylic acids is 1. The summed E-state index contributed by atoms with van der Waals surface area (Å²) in [6.45, 7) is 2.32. The number of nitro benzene ring substituents is 1. The van der Waals surface area contributed by atoms with Gasteiger partial charge in [-0.3, -0.25) is 14.9 Å². The molecule has 112 valence electrons. The Morgan fingerprint density at radius 3 is 2.81 bits per heavy atom. The second kappa shape index (κ2) is 6.16. The molecular weight excluding hydrogens is 280 g/mol. The number of carboxylic acids is 1. The highest BCUT2D eigenvalue weighted by molar-refractivity contribution is 5.93. The van der Waals surface area contributed by atoms with Gasteiger partial charge in [-0.2, -0.15) is 0 Å². The number of nitrogens with one attached hydrogen (secondary N) is 1. The number of hydrogen-bond acceptors (Lipinski definition) is 7. The number of rotatable bonds is 7. The third kappa shape index (κ3) is 3.25. The number of nitro groups is 1. The number of non-ortho nitro benzene ring substituents is 1. The normalized spacial score (nSPS) is 12.2. The molecule has 2 rings (SSSR count). The Hall–Kier alpha value is -2.71. The van der Waals surface area contributed by atoms with Crippen LogP contribution in [0.15, 0.2) is 16.8 Å². The van der Waals surface area contributed by atoms with Crippen LogP contribution >= 0.6 is 0 Å². The van der Waals surface area contributed by atoms with Gasteiger partial charge in [0.05, 0.1) is 10.6 Å². The van der Waals surface area contributed by atoms with Crippen LogP contribution in [-0.2, 0) is 4.79 Å². The fraction of sp³-hybridized carbons (Fsp3) is 0.417. The molecule has 0 saturated heterocycles. The van der Waals surface area contributed by atoms with Gasteiger partial charge in [0.15, 0.2) is 5.52 Å². The van der Waals surface area contributed by atoms with Crippen molar-refractivity contribution in [2.75, 3.05) is 11.9 Å². The van der Waals surface area contributed by atoms with Crippen molar-refractivity contribution in [1.29, 1.82) is 0 Å². The number of benzene rings is 1. The van der Waals surface area contributed by atoms with Gasteiger partial charge in [-0.25, -0.2) is 4.63 Å². The van der Waals surface area contributed by atoms with Crippen molar-refractivity contribution in [3.8, 4) is 0 Å². The summed E-state index contributed by atoms with van der Waals surface area (Å²) < 4.78 is 4.56. The fourth-order valence-corrected chi connectivity index (χ4v) is 2.01. The van der Waals surface area contributed by atoms with Crippen LogP contribution in [0.25, 0.3) is 11.0 Å². The summed E-state index contributed by atoms with van der Waals surface area (Å²) in [5.41, 5.74) is 0.667. The Bertz CT molecular complexity index is 669. The molecular formula is C12H14N4O5. The summed E-state index contributed by atoms with van der Waals surface area (Å²) in [5.74, 6) is -0.909. The Balaban J connectivity index is 2.20. The van der Waals surface area contributed by atoms with Crippen LogP contribution in [0.1, 0.15) is 19.8 Å². The van der Waals surface area contributed by atoms with E-state index in [1.165, 1.54) is 12.1 Å². The first-order valence-corrected chi connectivity index (χ1v) is 6.38. The number of anilines is 1. The second-order valence-corrected chi connectivity index (χ2v) is 4.60. The SMILES string of the molecule is CCC(CNc1ccc([N+](=O)[O-])c2nonc12)CC(=O)O. The van der Waals surface area contributed by atoms with Crippen molar-refractivity contribution < 1.29 is 19.5 Å². The van der Waals surface area contributed by atoms with Crippen molar-refractivity contribution in [2.24, 2.45) is 5.92 Å². The summed E-state index contributed by atoms with van der Waals surface area (Å²) in [5, 5.41) is 29.9. The smallest absolute Gasteiger partial charge is 0.303 e. The molecule has 0 saturated carbocycles.